The summed E-state index contributed by atoms with van der Waals surface area (Å²) in [6.07, 6.45) is 4.37. The van der Waals surface area contributed by atoms with Gasteiger partial charge in [-0.3, -0.25) is 0 Å². The number of hydrogen-bond acceptors (Lipinski definition) is 3. The molecule has 2 rings (SSSR count). The van der Waals surface area contributed by atoms with Crippen LogP contribution < -0.4 is 9.64 Å². The average molecular weight is 206 g/mol. The quantitative estimate of drug-likeness (QED) is 0.759. The lowest BCUT2D eigenvalue weighted by atomic mass is 10.2. The van der Waals surface area contributed by atoms with E-state index in [4.69, 9.17) is 4.74 Å². The zero-order valence-electron chi connectivity index (χ0n) is 9.49. The monoisotopic (exact) mass is 206 g/mol. The van der Waals surface area contributed by atoms with Crippen molar-refractivity contribution in [2.75, 3.05) is 24.6 Å². The van der Waals surface area contributed by atoms with Gasteiger partial charge >= 0.3 is 0 Å². The molecule has 1 aliphatic heterocycles. The van der Waals surface area contributed by atoms with Gasteiger partial charge in [0.2, 0.25) is 5.88 Å². The summed E-state index contributed by atoms with van der Waals surface area (Å²) in [5.74, 6) is 0.791. The van der Waals surface area contributed by atoms with Crippen LogP contribution in [0, 0.1) is 6.92 Å². The summed E-state index contributed by atoms with van der Waals surface area (Å²) in [7, 11) is 0. The Kier molecular flexibility index (Phi) is 3.09. The largest absolute Gasteiger partial charge is 0.476 e. The molecule has 0 amide bonds. The molecule has 0 aromatic carbocycles. The molecule has 0 spiro atoms. The third-order valence-electron chi connectivity index (χ3n) is 2.80. The highest BCUT2D eigenvalue weighted by molar-refractivity contribution is 5.60. The molecular weight excluding hydrogens is 188 g/mol. The highest BCUT2D eigenvalue weighted by Crippen LogP contribution is 2.32. The lowest BCUT2D eigenvalue weighted by Gasteiger charge is -2.22. The highest BCUT2D eigenvalue weighted by atomic mass is 16.5. The zero-order chi connectivity index (χ0) is 10.7. The molecule has 1 saturated heterocycles. The molecule has 3 heteroatoms. The van der Waals surface area contributed by atoms with E-state index in [0.717, 1.165) is 19.0 Å². The Balaban J connectivity index is 2.32. The van der Waals surface area contributed by atoms with Crippen molar-refractivity contribution in [2.45, 2.75) is 26.7 Å². The van der Waals surface area contributed by atoms with Crippen molar-refractivity contribution in [1.29, 1.82) is 0 Å². The van der Waals surface area contributed by atoms with Crippen LogP contribution in [0.4, 0.5) is 5.69 Å². The normalized spacial score (nSPS) is 15.7. The number of aromatic nitrogens is 1. The van der Waals surface area contributed by atoms with Gasteiger partial charge in [0, 0.05) is 19.3 Å². The van der Waals surface area contributed by atoms with E-state index in [1.807, 2.05) is 13.1 Å². The van der Waals surface area contributed by atoms with Gasteiger partial charge in [0.25, 0.3) is 0 Å². The molecule has 2 heterocycles. The van der Waals surface area contributed by atoms with Gasteiger partial charge in [-0.05, 0) is 38.3 Å². The number of nitrogens with zero attached hydrogens (tertiary/aromatic N) is 2. The minimum atomic E-state index is 0.678. The van der Waals surface area contributed by atoms with E-state index in [2.05, 4.69) is 22.9 Å². The van der Waals surface area contributed by atoms with E-state index in [9.17, 15) is 0 Å². The molecule has 3 nitrogen and oxygen atoms in total. The SMILES string of the molecule is CCOc1nccc(C)c1N1CCCC1. The summed E-state index contributed by atoms with van der Waals surface area (Å²) in [5.41, 5.74) is 2.45. The summed E-state index contributed by atoms with van der Waals surface area (Å²) in [6.45, 7) is 7.06. The number of rotatable bonds is 3. The molecule has 15 heavy (non-hydrogen) atoms. The van der Waals surface area contributed by atoms with Gasteiger partial charge in [-0.15, -0.1) is 0 Å². The number of ether oxygens (including phenoxy) is 1. The smallest absolute Gasteiger partial charge is 0.237 e. The second kappa shape index (κ2) is 4.51. The Morgan fingerprint density at radius 2 is 2.13 bits per heavy atom. The first-order valence-electron chi connectivity index (χ1n) is 5.66. The summed E-state index contributed by atoms with van der Waals surface area (Å²) in [4.78, 5) is 6.69. The molecule has 0 saturated carbocycles. The van der Waals surface area contributed by atoms with E-state index in [0.29, 0.717) is 6.61 Å². The number of pyridine rings is 1. The van der Waals surface area contributed by atoms with Crippen LogP contribution in [-0.2, 0) is 0 Å². The van der Waals surface area contributed by atoms with E-state index < -0.39 is 0 Å². The molecule has 0 atom stereocenters. The number of anilines is 1. The first-order valence-corrected chi connectivity index (χ1v) is 5.66. The fourth-order valence-electron chi connectivity index (χ4n) is 2.09. The topological polar surface area (TPSA) is 25.4 Å². The van der Waals surface area contributed by atoms with Crippen molar-refractivity contribution in [1.82, 2.24) is 4.98 Å². The van der Waals surface area contributed by atoms with E-state index >= 15 is 0 Å². The van der Waals surface area contributed by atoms with Gasteiger partial charge in [0.1, 0.15) is 5.69 Å². The van der Waals surface area contributed by atoms with Gasteiger partial charge in [0.05, 0.1) is 6.61 Å². The first kappa shape index (κ1) is 10.3. The molecule has 0 unspecified atom stereocenters. The molecule has 1 aromatic heterocycles. The molecule has 1 aliphatic rings. The third kappa shape index (κ3) is 2.06. The van der Waals surface area contributed by atoms with E-state index in [-0.39, 0.29) is 0 Å². The van der Waals surface area contributed by atoms with Gasteiger partial charge in [-0.2, -0.15) is 0 Å². The second-order valence-electron chi connectivity index (χ2n) is 3.91. The van der Waals surface area contributed by atoms with Crippen LogP contribution in [0.15, 0.2) is 12.3 Å². The van der Waals surface area contributed by atoms with Crippen LogP contribution >= 0.6 is 0 Å². The molecule has 0 bridgehead atoms. The predicted octanol–water partition coefficient (Wildman–Crippen LogP) is 2.39. The number of aryl methyl sites for hydroxylation is 1. The number of hydrogen-bond donors (Lipinski definition) is 0. The highest BCUT2D eigenvalue weighted by Gasteiger charge is 2.19. The minimum Gasteiger partial charge on any atom is -0.476 e. The summed E-state index contributed by atoms with van der Waals surface area (Å²) in [5, 5.41) is 0. The fraction of sp³-hybridized carbons (Fsp3) is 0.583. The third-order valence-corrected chi connectivity index (χ3v) is 2.80. The van der Waals surface area contributed by atoms with Crippen LogP contribution in [-0.4, -0.2) is 24.7 Å². The van der Waals surface area contributed by atoms with E-state index in [1.165, 1.54) is 24.1 Å². The lowest BCUT2D eigenvalue weighted by Crippen LogP contribution is -2.20. The van der Waals surface area contributed by atoms with Gasteiger partial charge in [0.15, 0.2) is 0 Å². The van der Waals surface area contributed by atoms with Crippen LogP contribution in [0.3, 0.4) is 0 Å². The molecule has 0 radical (unpaired) electrons. The van der Waals surface area contributed by atoms with E-state index in [1.54, 1.807) is 0 Å². The maximum Gasteiger partial charge on any atom is 0.237 e. The van der Waals surface area contributed by atoms with Crippen LogP contribution in [0.1, 0.15) is 25.3 Å². The molecular formula is C12H18N2O. The maximum absolute atomic E-state index is 5.58. The maximum atomic E-state index is 5.58. The minimum absolute atomic E-state index is 0.678. The summed E-state index contributed by atoms with van der Waals surface area (Å²) >= 11 is 0. The Morgan fingerprint density at radius 3 is 2.80 bits per heavy atom. The Hall–Kier alpha value is -1.25. The Morgan fingerprint density at radius 1 is 1.40 bits per heavy atom. The van der Waals surface area contributed by atoms with Crippen molar-refractivity contribution in [3.63, 3.8) is 0 Å². The Bertz CT molecular complexity index is 332. The summed E-state index contributed by atoms with van der Waals surface area (Å²) in [6, 6.07) is 2.05. The molecule has 82 valence electrons. The fourth-order valence-corrected chi connectivity index (χ4v) is 2.09. The average Bonchev–Trinajstić information content (AvgIpc) is 2.71. The second-order valence-corrected chi connectivity index (χ2v) is 3.91. The van der Waals surface area contributed by atoms with Crippen molar-refractivity contribution >= 4 is 5.69 Å². The van der Waals surface area contributed by atoms with Gasteiger partial charge in [-0.25, -0.2) is 4.98 Å². The molecule has 0 aliphatic carbocycles. The van der Waals surface area contributed by atoms with Crippen molar-refractivity contribution < 1.29 is 4.74 Å². The molecule has 1 aromatic rings. The predicted molar refractivity (Wildman–Crippen MR) is 61.6 cm³/mol. The zero-order valence-corrected chi connectivity index (χ0v) is 9.49. The molecule has 1 fully saturated rings. The standard InChI is InChI=1S/C12H18N2O/c1-3-15-12-11(10(2)6-7-13-12)14-8-4-5-9-14/h6-7H,3-5,8-9H2,1-2H3. The van der Waals surface area contributed by atoms with Gasteiger partial charge < -0.3 is 9.64 Å². The summed E-state index contributed by atoms with van der Waals surface area (Å²) < 4.78 is 5.58. The van der Waals surface area contributed by atoms with Crippen molar-refractivity contribution in [3.05, 3.63) is 17.8 Å². The lowest BCUT2D eigenvalue weighted by molar-refractivity contribution is 0.327. The Labute approximate surface area is 91.1 Å². The van der Waals surface area contributed by atoms with Crippen LogP contribution in [0.5, 0.6) is 5.88 Å². The van der Waals surface area contributed by atoms with Crippen molar-refractivity contribution in [3.8, 4) is 5.88 Å². The van der Waals surface area contributed by atoms with Crippen LogP contribution in [0.2, 0.25) is 0 Å². The van der Waals surface area contributed by atoms with Crippen LogP contribution in [0.25, 0.3) is 0 Å². The molecule has 0 N–H and O–H groups in total. The van der Waals surface area contributed by atoms with Crippen molar-refractivity contribution in [2.24, 2.45) is 0 Å². The van der Waals surface area contributed by atoms with Gasteiger partial charge in [-0.1, -0.05) is 0 Å². The first-order chi connectivity index (χ1) is 7.33.